The van der Waals surface area contributed by atoms with Crippen molar-refractivity contribution in [2.45, 2.75) is 21.5 Å². The normalized spacial score (nSPS) is 16.4. The van der Waals surface area contributed by atoms with Gasteiger partial charge in [0.25, 0.3) is 0 Å². The molecule has 1 atom stereocenters. The van der Waals surface area contributed by atoms with Crippen molar-refractivity contribution in [1.29, 1.82) is 0 Å². The van der Waals surface area contributed by atoms with E-state index in [1.54, 1.807) is 11.8 Å². The topological polar surface area (TPSA) is 58.2 Å². The number of amides is 2. The van der Waals surface area contributed by atoms with Crippen LogP contribution in [0.5, 0.6) is 0 Å². The van der Waals surface area contributed by atoms with Crippen LogP contribution in [0, 0.1) is 0 Å². The predicted octanol–water partition coefficient (Wildman–Crippen LogP) is 3.85. The summed E-state index contributed by atoms with van der Waals surface area (Å²) in [7, 11) is 0. The molecule has 0 aliphatic carbocycles. The van der Waals surface area contributed by atoms with Gasteiger partial charge in [-0.3, -0.25) is 9.59 Å². The number of fused-ring (bicyclic) bond motifs is 1. The van der Waals surface area contributed by atoms with Crippen LogP contribution in [0.25, 0.3) is 0 Å². The highest BCUT2D eigenvalue weighted by atomic mass is 32.2. The summed E-state index contributed by atoms with van der Waals surface area (Å²) in [6, 6.07) is 15.3. The third kappa shape index (κ3) is 3.89. The Balaban J connectivity index is 1.62. The van der Waals surface area contributed by atoms with Gasteiger partial charge < -0.3 is 10.6 Å². The highest BCUT2D eigenvalue weighted by Gasteiger charge is 2.28. The van der Waals surface area contributed by atoms with E-state index in [4.69, 9.17) is 0 Å². The summed E-state index contributed by atoms with van der Waals surface area (Å²) in [6.45, 7) is 0. The molecule has 0 bridgehead atoms. The number of rotatable bonds is 4. The zero-order valence-electron chi connectivity index (χ0n) is 12.5. The first kappa shape index (κ1) is 16.0. The van der Waals surface area contributed by atoms with Crippen LogP contribution in [0.15, 0.2) is 58.3 Å². The van der Waals surface area contributed by atoms with E-state index in [-0.39, 0.29) is 18.2 Å². The number of carbonyl (C=O) groups is 2. The van der Waals surface area contributed by atoms with E-state index in [0.29, 0.717) is 0 Å². The second kappa shape index (κ2) is 7.10. The maximum atomic E-state index is 12.2. The SMILES string of the molecule is CSc1ccc(NC(=O)C[C@@H]2Sc3ccccc3NC2=O)cc1. The fraction of sp³-hybridized carbons (Fsp3) is 0.176. The van der Waals surface area contributed by atoms with Crippen LogP contribution in [0.1, 0.15) is 6.42 Å². The van der Waals surface area contributed by atoms with E-state index >= 15 is 0 Å². The molecule has 0 spiro atoms. The minimum absolute atomic E-state index is 0.124. The quantitative estimate of drug-likeness (QED) is 0.827. The van der Waals surface area contributed by atoms with Crippen LogP contribution >= 0.6 is 23.5 Å². The van der Waals surface area contributed by atoms with Crippen molar-refractivity contribution in [3.05, 3.63) is 48.5 Å². The number of carbonyl (C=O) groups excluding carboxylic acids is 2. The maximum absolute atomic E-state index is 12.2. The Hall–Kier alpha value is -1.92. The first-order chi connectivity index (χ1) is 11.2. The molecule has 1 aliphatic heterocycles. The van der Waals surface area contributed by atoms with E-state index in [9.17, 15) is 9.59 Å². The Morgan fingerprint density at radius 2 is 1.96 bits per heavy atom. The molecule has 23 heavy (non-hydrogen) atoms. The second-order valence-corrected chi connectivity index (χ2v) is 7.20. The molecular weight excluding hydrogens is 328 g/mol. The Morgan fingerprint density at radius 1 is 1.22 bits per heavy atom. The predicted molar refractivity (Wildman–Crippen MR) is 96.2 cm³/mol. The zero-order chi connectivity index (χ0) is 16.2. The van der Waals surface area contributed by atoms with Crippen LogP contribution in [-0.4, -0.2) is 23.3 Å². The van der Waals surface area contributed by atoms with Gasteiger partial charge in [0, 0.05) is 21.9 Å². The molecule has 0 aromatic heterocycles. The summed E-state index contributed by atoms with van der Waals surface area (Å²) < 4.78 is 0. The number of hydrogen-bond acceptors (Lipinski definition) is 4. The number of hydrogen-bond donors (Lipinski definition) is 2. The van der Waals surface area contributed by atoms with Crippen LogP contribution in [-0.2, 0) is 9.59 Å². The average Bonchev–Trinajstić information content (AvgIpc) is 2.56. The van der Waals surface area contributed by atoms with Gasteiger partial charge >= 0.3 is 0 Å². The van der Waals surface area contributed by atoms with Gasteiger partial charge in [-0.2, -0.15) is 0 Å². The number of benzene rings is 2. The summed E-state index contributed by atoms with van der Waals surface area (Å²) in [5.74, 6) is -0.282. The molecule has 118 valence electrons. The monoisotopic (exact) mass is 344 g/mol. The number of thioether (sulfide) groups is 2. The summed E-state index contributed by atoms with van der Waals surface area (Å²) >= 11 is 3.08. The van der Waals surface area contributed by atoms with Crippen molar-refractivity contribution in [3.63, 3.8) is 0 Å². The summed E-state index contributed by atoms with van der Waals surface area (Å²) in [5.41, 5.74) is 1.56. The Labute approximate surface area is 143 Å². The van der Waals surface area contributed by atoms with Crippen molar-refractivity contribution in [2.75, 3.05) is 16.9 Å². The van der Waals surface area contributed by atoms with Crippen LogP contribution < -0.4 is 10.6 Å². The van der Waals surface area contributed by atoms with Crippen molar-refractivity contribution < 1.29 is 9.59 Å². The van der Waals surface area contributed by atoms with Gasteiger partial charge in [0.2, 0.25) is 11.8 Å². The molecule has 3 rings (SSSR count). The van der Waals surface area contributed by atoms with E-state index in [2.05, 4.69) is 10.6 Å². The van der Waals surface area contributed by atoms with Gasteiger partial charge in [0.15, 0.2) is 0 Å². The summed E-state index contributed by atoms with van der Waals surface area (Å²) in [6.07, 6.45) is 2.15. The van der Waals surface area contributed by atoms with Gasteiger partial charge in [-0.05, 0) is 42.7 Å². The van der Waals surface area contributed by atoms with Gasteiger partial charge in [-0.1, -0.05) is 12.1 Å². The number of anilines is 2. The molecule has 2 N–H and O–H groups in total. The Morgan fingerprint density at radius 3 is 2.70 bits per heavy atom. The standard InChI is InChI=1S/C17H16N2O2S2/c1-22-12-8-6-11(7-9-12)18-16(20)10-15-17(21)19-13-4-2-3-5-14(13)23-15/h2-9,15H,10H2,1H3,(H,18,20)(H,19,21)/t15-/m0/s1. The van der Waals surface area contributed by atoms with Crippen molar-refractivity contribution in [2.24, 2.45) is 0 Å². The molecular formula is C17H16N2O2S2. The average molecular weight is 344 g/mol. The number of nitrogens with one attached hydrogen (secondary N) is 2. The molecule has 0 saturated carbocycles. The molecule has 0 saturated heterocycles. The van der Waals surface area contributed by atoms with Gasteiger partial charge in [0.05, 0.1) is 10.9 Å². The minimum Gasteiger partial charge on any atom is -0.326 e. The number of para-hydroxylation sites is 1. The summed E-state index contributed by atoms with van der Waals surface area (Å²) in [5, 5.41) is 5.29. The molecule has 2 aromatic carbocycles. The van der Waals surface area contributed by atoms with Crippen LogP contribution in [0.2, 0.25) is 0 Å². The maximum Gasteiger partial charge on any atom is 0.238 e. The Bertz CT molecular complexity index is 732. The first-order valence-electron chi connectivity index (χ1n) is 7.16. The van der Waals surface area contributed by atoms with E-state index in [1.165, 1.54) is 11.8 Å². The van der Waals surface area contributed by atoms with Crippen LogP contribution in [0.3, 0.4) is 0 Å². The molecule has 6 heteroatoms. The van der Waals surface area contributed by atoms with Crippen molar-refractivity contribution in [1.82, 2.24) is 0 Å². The lowest BCUT2D eigenvalue weighted by Gasteiger charge is -2.23. The molecule has 4 nitrogen and oxygen atoms in total. The lowest BCUT2D eigenvalue weighted by atomic mass is 10.2. The van der Waals surface area contributed by atoms with E-state index < -0.39 is 5.25 Å². The zero-order valence-corrected chi connectivity index (χ0v) is 14.2. The van der Waals surface area contributed by atoms with Gasteiger partial charge in [-0.15, -0.1) is 23.5 Å². The molecule has 2 amide bonds. The van der Waals surface area contributed by atoms with Gasteiger partial charge in [0.1, 0.15) is 0 Å². The minimum atomic E-state index is -0.407. The molecule has 0 unspecified atom stereocenters. The highest BCUT2D eigenvalue weighted by molar-refractivity contribution is 8.01. The second-order valence-electron chi connectivity index (χ2n) is 5.07. The van der Waals surface area contributed by atoms with E-state index in [0.717, 1.165) is 21.2 Å². The molecule has 0 fully saturated rings. The molecule has 1 aliphatic rings. The highest BCUT2D eigenvalue weighted by Crippen LogP contribution is 2.36. The van der Waals surface area contributed by atoms with Crippen molar-refractivity contribution in [3.8, 4) is 0 Å². The molecule has 0 radical (unpaired) electrons. The lowest BCUT2D eigenvalue weighted by Crippen LogP contribution is -2.32. The molecule has 1 heterocycles. The van der Waals surface area contributed by atoms with E-state index in [1.807, 2.05) is 54.8 Å². The first-order valence-corrected chi connectivity index (χ1v) is 9.26. The van der Waals surface area contributed by atoms with Crippen LogP contribution in [0.4, 0.5) is 11.4 Å². The fourth-order valence-corrected chi connectivity index (χ4v) is 3.80. The lowest BCUT2D eigenvalue weighted by molar-refractivity contribution is -0.120. The Kier molecular flexibility index (Phi) is 4.93. The third-order valence-electron chi connectivity index (χ3n) is 3.45. The third-order valence-corrected chi connectivity index (χ3v) is 5.47. The van der Waals surface area contributed by atoms with Gasteiger partial charge in [-0.25, -0.2) is 0 Å². The molecule has 2 aromatic rings. The largest absolute Gasteiger partial charge is 0.326 e. The summed E-state index contributed by atoms with van der Waals surface area (Å²) in [4.78, 5) is 26.4. The van der Waals surface area contributed by atoms with Crippen molar-refractivity contribution >= 4 is 46.7 Å². The fourth-order valence-electron chi connectivity index (χ4n) is 2.28. The smallest absolute Gasteiger partial charge is 0.238 e.